The van der Waals surface area contributed by atoms with E-state index in [9.17, 15) is 4.79 Å². The SMILES string of the molecule is O=C1OC2CCCCCCC2C1CCl. The summed E-state index contributed by atoms with van der Waals surface area (Å²) in [5.41, 5.74) is 0. The van der Waals surface area contributed by atoms with Crippen molar-refractivity contribution >= 4 is 17.6 Å². The first-order chi connectivity index (χ1) is 6.83. The molecule has 0 aromatic rings. The number of carbonyl (C=O) groups excluding carboxylic acids is 1. The van der Waals surface area contributed by atoms with Crippen molar-refractivity contribution in [3.8, 4) is 0 Å². The van der Waals surface area contributed by atoms with Gasteiger partial charge in [-0.15, -0.1) is 11.6 Å². The third-order valence-corrected chi connectivity index (χ3v) is 3.84. The molecule has 1 saturated heterocycles. The molecule has 0 bridgehead atoms. The Balaban J connectivity index is 2.05. The quantitative estimate of drug-likeness (QED) is 0.498. The molecule has 2 fully saturated rings. The van der Waals surface area contributed by atoms with Crippen LogP contribution >= 0.6 is 11.6 Å². The second kappa shape index (κ2) is 4.52. The monoisotopic (exact) mass is 216 g/mol. The summed E-state index contributed by atoms with van der Waals surface area (Å²) in [5, 5.41) is 0. The van der Waals surface area contributed by atoms with E-state index in [1.165, 1.54) is 25.7 Å². The van der Waals surface area contributed by atoms with E-state index in [1.54, 1.807) is 0 Å². The van der Waals surface area contributed by atoms with Crippen LogP contribution in [0.25, 0.3) is 0 Å². The van der Waals surface area contributed by atoms with Crippen LogP contribution in [-0.2, 0) is 9.53 Å². The Hall–Kier alpha value is -0.240. The number of ether oxygens (including phenoxy) is 1. The molecule has 3 atom stereocenters. The predicted octanol–water partition coefficient (Wildman–Crippen LogP) is 2.74. The minimum absolute atomic E-state index is 0.0280. The molecule has 0 aromatic carbocycles. The molecule has 3 unspecified atom stereocenters. The summed E-state index contributed by atoms with van der Waals surface area (Å²) in [6, 6.07) is 0. The fourth-order valence-electron chi connectivity index (χ4n) is 2.67. The van der Waals surface area contributed by atoms with Gasteiger partial charge in [-0.05, 0) is 19.3 Å². The van der Waals surface area contributed by atoms with Gasteiger partial charge in [0.1, 0.15) is 6.10 Å². The molecule has 0 amide bonds. The van der Waals surface area contributed by atoms with Gasteiger partial charge in [-0.1, -0.05) is 19.3 Å². The number of carbonyl (C=O) groups is 1. The number of alkyl halides is 1. The minimum Gasteiger partial charge on any atom is -0.462 e. The van der Waals surface area contributed by atoms with Crippen molar-refractivity contribution in [1.82, 2.24) is 0 Å². The normalized spacial score (nSPS) is 38.4. The summed E-state index contributed by atoms with van der Waals surface area (Å²) in [5.74, 6) is 0.747. The minimum atomic E-state index is -0.0584. The van der Waals surface area contributed by atoms with Gasteiger partial charge in [0.15, 0.2) is 0 Å². The van der Waals surface area contributed by atoms with Crippen LogP contribution in [0.3, 0.4) is 0 Å². The van der Waals surface area contributed by atoms with Gasteiger partial charge in [0, 0.05) is 11.8 Å². The van der Waals surface area contributed by atoms with Crippen LogP contribution in [0.5, 0.6) is 0 Å². The topological polar surface area (TPSA) is 26.3 Å². The van der Waals surface area contributed by atoms with Gasteiger partial charge in [0.25, 0.3) is 0 Å². The first kappa shape index (κ1) is 10.3. The summed E-state index contributed by atoms with van der Waals surface area (Å²) in [4.78, 5) is 11.5. The van der Waals surface area contributed by atoms with Crippen molar-refractivity contribution in [2.24, 2.45) is 11.8 Å². The van der Waals surface area contributed by atoms with Gasteiger partial charge in [0.2, 0.25) is 0 Å². The number of halogens is 1. The van der Waals surface area contributed by atoms with Crippen LogP contribution in [0, 0.1) is 11.8 Å². The molecule has 1 aliphatic carbocycles. The smallest absolute Gasteiger partial charge is 0.310 e. The lowest BCUT2D eigenvalue weighted by Crippen LogP contribution is -2.23. The second-order valence-electron chi connectivity index (χ2n) is 4.39. The highest BCUT2D eigenvalue weighted by Crippen LogP contribution is 2.37. The van der Waals surface area contributed by atoms with E-state index in [4.69, 9.17) is 16.3 Å². The van der Waals surface area contributed by atoms with Crippen LogP contribution in [0.1, 0.15) is 38.5 Å². The fraction of sp³-hybridized carbons (Fsp3) is 0.909. The maximum absolute atomic E-state index is 11.5. The molecule has 14 heavy (non-hydrogen) atoms. The van der Waals surface area contributed by atoms with E-state index in [0.29, 0.717) is 11.8 Å². The van der Waals surface area contributed by atoms with E-state index in [1.807, 2.05) is 0 Å². The molecule has 1 heterocycles. The number of hydrogen-bond donors (Lipinski definition) is 0. The van der Waals surface area contributed by atoms with E-state index in [-0.39, 0.29) is 18.0 Å². The maximum Gasteiger partial charge on any atom is 0.310 e. The summed E-state index contributed by atoms with van der Waals surface area (Å²) in [6.45, 7) is 0. The molecular weight excluding hydrogens is 200 g/mol. The predicted molar refractivity (Wildman–Crippen MR) is 55.3 cm³/mol. The Labute approximate surface area is 90.0 Å². The molecule has 0 radical (unpaired) electrons. The summed E-state index contributed by atoms with van der Waals surface area (Å²) >= 11 is 5.82. The Morgan fingerprint density at radius 3 is 2.64 bits per heavy atom. The molecule has 80 valence electrons. The molecule has 2 nitrogen and oxygen atoms in total. The van der Waals surface area contributed by atoms with Crippen molar-refractivity contribution in [2.45, 2.75) is 44.6 Å². The summed E-state index contributed by atoms with van der Waals surface area (Å²) < 4.78 is 5.38. The number of hydrogen-bond acceptors (Lipinski definition) is 2. The van der Waals surface area contributed by atoms with Gasteiger partial charge < -0.3 is 4.74 Å². The standard InChI is InChI=1S/C11H17ClO2/c12-7-9-8-5-3-1-2-4-6-10(8)14-11(9)13/h8-10H,1-7H2. The molecule has 1 aliphatic heterocycles. The summed E-state index contributed by atoms with van der Waals surface area (Å²) in [7, 11) is 0. The van der Waals surface area contributed by atoms with Crippen LogP contribution < -0.4 is 0 Å². The second-order valence-corrected chi connectivity index (χ2v) is 4.70. The lowest BCUT2D eigenvalue weighted by molar-refractivity contribution is -0.144. The van der Waals surface area contributed by atoms with E-state index in [0.717, 1.165) is 12.8 Å². The lowest BCUT2D eigenvalue weighted by Gasteiger charge is -2.22. The van der Waals surface area contributed by atoms with Crippen molar-refractivity contribution in [1.29, 1.82) is 0 Å². The first-order valence-corrected chi connectivity index (χ1v) is 6.13. The van der Waals surface area contributed by atoms with E-state index < -0.39 is 0 Å². The number of rotatable bonds is 1. The average Bonchev–Trinajstić information content (AvgIpc) is 2.42. The van der Waals surface area contributed by atoms with Gasteiger partial charge in [-0.3, -0.25) is 4.79 Å². The zero-order valence-electron chi connectivity index (χ0n) is 8.38. The summed E-state index contributed by atoms with van der Waals surface area (Å²) in [6.07, 6.45) is 7.34. The number of fused-ring (bicyclic) bond motifs is 1. The van der Waals surface area contributed by atoms with Crippen molar-refractivity contribution in [3.63, 3.8) is 0 Å². The molecule has 0 spiro atoms. The zero-order chi connectivity index (χ0) is 9.97. The average molecular weight is 217 g/mol. The van der Waals surface area contributed by atoms with Crippen molar-refractivity contribution in [2.75, 3.05) is 5.88 Å². The van der Waals surface area contributed by atoms with Gasteiger partial charge >= 0.3 is 5.97 Å². The third kappa shape index (κ3) is 1.90. The van der Waals surface area contributed by atoms with Crippen LogP contribution in [0.2, 0.25) is 0 Å². The highest BCUT2D eigenvalue weighted by atomic mass is 35.5. The molecule has 1 saturated carbocycles. The van der Waals surface area contributed by atoms with Crippen LogP contribution in [0.4, 0.5) is 0 Å². The molecular formula is C11H17ClO2. The van der Waals surface area contributed by atoms with E-state index in [2.05, 4.69) is 0 Å². The van der Waals surface area contributed by atoms with Gasteiger partial charge in [-0.25, -0.2) is 0 Å². The largest absolute Gasteiger partial charge is 0.462 e. The van der Waals surface area contributed by atoms with E-state index >= 15 is 0 Å². The number of esters is 1. The third-order valence-electron chi connectivity index (χ3n) is 3.51. The van der Waals surface area contributed by atoms with Crippen molar-refractivity contribution in [3.05, 3.63) is 0 Å². The Kier molecular flexibility index (Phi) is 3.32. The molecule has 0 aromatic heterocycles. The molecule has 2 rings (SSSR count). The Morgan fingerprint density at radius 2 is 1.93 bits per heavy atom. The highest BCUT2D eigenvalue weighted by molar-refractivity contribution is 6.19. The molecule has 0 N–H and O–H groups in total. The Bertz CT molecular complexity index is 217. The zero-order valence-corrected chi connectivity index (χ0v) is 9.13. The maximum atomic E-state index is 11.5. The van der Waals surface area contributed by atoms with Crippen LogP contribution in [0.15, 0.2) is 0 Å². The van der Waals surface area contributed by atoms with Crippen LogP contribution in [-0.4, -0.2) is 18.0 Å². The first-order valence-electron chi connectivity index (χ1n) is 5.59. The highest BCUT2D eigenvalue weighted by Gasteiger charge is 2.43. The van der Waals surface area contributed by atoms with Gasteiger partial charge in [-0.2, -0.15) is 0 Å². The molecule has 2 aliphatic rings. The lowest BCUT2D eigenvalue weighted by atomic mass is 9.83. The fourth-order valence-corrected chi connectivity index (χ4v) is 3.03. The Morgan fingerprint density at radius 1 is 1.21 bits per heavy atom. The van der Waals surface area contributed by atoms with Crippen molar-refractivity contribution < 1.29 is 9.53 Å². The van der Waals surface area contributed by atoms with Gasteiger partial charge in [0.05, 0.1) is 5.92 Å². The molecule has 3 heteroatoms.